The molecule has 0 bridgehead atoms. The second-order valence-electron chi connectivity index (χ2n) is 5.64. The number of benzene rings is 1. The first-order chi connectivity index (χ1) is 10.7. The van der Waals surface area contributed by atoms with Crippen LogP contribution in [0.3, 0.4) is 0 Å². The molecule has 23 heavy (non-hydrogen) atoms. The van der Waals surface area contributed by atoms with Crippen molar-refractivity contribution >= 4 is 52.3 Å². The van der Waals surface area contributed by atoms with Crippen LogP contribution in [-0.2, 0) is 4.74 Å². The molecule has 1 aliphatic heterocycles. The number of carbonyl (C=O) groups is 1. The lowest BCUT2D eigenvalue weighted by Crippen LogP contribution is -2.60. The van der Waals surface area contributed by atoms with Crippen molar-refractivity contribution in [1.29, 1.82) is 0 Å². The number of amides is 1. The van der Waals surface area contributed by atoms with Crippen molar-refractivity contribution in [1.82, 2.24) is 10.2 Å². The average molecular weight is 400 g/mol. The van der Waals surface area contributed by atoms with Gasteiger partial charge in [-0.05, 0) is 32.0 Å². The number of ether oxygens (including phenoxy) is 1. The molecule has 0 radical (unpaired) electrons. The molecule has 3 atom stereocenters. The van der Waals surface area contributed by atoms with E-state index in [1.54, 1.807) is 24.3 Å². The third-order valence-corrected chi connectivity index (χ3v) is 4.33. The van der Waals surface area contributed by atoms with Crippen LogP contribution >= 0.6 is 46.4 Å². The smallest absolute Gasteiger partial charge is 0.252 e. The zero-order chi connectivity index (χ0) is 17.2. The van der Waals surface area contributed by atoms with Gasteiger partial charge in [-0.3, -0.25) is 9.69 Å². The number of rotatable bonds is 3. The second-order valence-corrected chi connectivity index (χ2v) is 8.44. The molecule has 1 fully saturated rings. The highest BCUT2D eigenvalue weighted by Gasteiger charge is 2.41. The average Bonchev–Trinajstić information content (AvgIpc) is 2.42. The van der Waals surface area contributed by atoms with Crippen molar-refractivity contribution in [2.75, 3.05) is 13.1 Å². The van der Waals surface area contributed by atoms with Crippen molar-refractivity contribution in [3.63, 3.8) is 0 Å². The Morgan fingerprint density at radius 1 is 1.30 bits per heavy atom. The molecule has 0 unspecified atom stereocenters. The van der Waals surface area contributed by atoms with Gasteiger partial charge >= 0.3 is 0 Å². The molecule has 1 aliphatic rings. The highest BCUT2D eigenvalue weighted by molar-refractivity contribution is 6.68. The molecular formula is C15H18Cl4N2O2. The van der Waals surface area contributed by atoms with Crippen LogP contribution < -0.4 is 5.32 Å². The van der Waals surface area contributed by atoms with Gasteiger partial charge < -0.3 is 10.1 Å². The van der Waals surface area contributed by atoms with E-state index in [2.05, 4.69) is 5.32 Å². The molecule has 1 saturated heterocycles. The summed E-state index contributed by atoms with van der Waals surface area (Å²) in [5.74, 6) is -0.351. The molecular weight excluding hydrogens is 382 g/mol. The minimum atomic E-state index is -1.68. The third-order valence-electron chi connectivity index (χ3n) is 3.48. The summed E-state index contributed by atoms with van der Waals surface area (Å²) in [5.41, 5.74) is 0.408. The van der Waals surface area contributed by atoms with Crippen molar-refractivity contribution < 1.29 is 9.53 Å². The van der Waals surface area contributed by atoms with Gasteiger partial charge in [0.1, 0.15) is 6.17 Å². The van der Waals surface area contributed by atoms with Gasteiger partial charge in [-0.1, -0.05) is 52.5 Å². The lowest BCUT2D eigenvalue weighted by Gasteiger charge is -2.42. The number of morpholine rings is 1. The van der Waals surface area contributed by atoms with E-state index in [0.29, 0.717) is 23.7 Å². The number of halogens is 4. The summed E-state index contributed by atoms with van der Waals surface area (Å²) in [6.07, 6.45) is -0.805. The summed E-state index contributed by atoms with van der Waals surface area (Å²) >= 11 is 24.2. The predicted octanol–water partition coefficient (Wildman–Crippen LogP) is 3.88. The van der Waals surface area contributed by atoms with Gasteiger partial charge in [-0.25, -0.2) is 0 Å². The van der Waals surface area contributed by atoms with Crippen molar-refractivity contribution in [2.45, 2.75) is 36.0 Å². The van der Waals surface area contributed by atoms with Gasteiger partial charge in [0.05, 0.1) is 12.2 Å². The SMILES string of the molecule is C[C@@H]1CN([C@H](NC(=O)c2cccc(Cl)c2)C(Cl)(Cl)Cl)C[C@@H](C)O1. The number of nitrogens with zero attached hydrogens (tertiary/aromatic N) is 1. The summed E-state index contributed by atoms with van der Waals surface area (Å²) in [6, 6.07) is 6.61. The number of nitrogens with one attached hydrogen (secondary N) is 1. The van der Waals surface area contributed by atoms with Crippen LogP contribution in [0.4, 0.5) is 0 Å². The van der Waals surface area contributed by atoms with Gasteiger partial charge in [-0.15, -0.1) is 0 Å². The zero-order valence-electron chi connectivity index (χ0n) is 12.7. The highest BCUT2D eigenvalue weighted by Crippen LogP contribution is 2.33. The quantitative estimate of drug-likeness (QED) is 0.784. The molecule has 1 N–H and O–H groups in total. The first-order valence-electron chi connectivity index (χ1n) is 7.19. The molecule has 0 aromatic heterocycles. The maximum atomic E-state index is 12.5. The van der Waals surface area contributed by atoms with E-state index in [0.717, 1.165) is 0 Å². The van der Waals surface area contributed by atoms with E-state index in [1.165, 1.54) is 0 Å². The first-order valence-corrected chi connectivity index (χ1v) is 8.70. The van der Waals surface area contributed by atoms with Crippen molar-refractivity contribution in [2.24, 2.45) is 0 Å². The molecule has 1 heterocycles. The predicted molar refractivity (Wildman–Crippen MR) is 94.6 cm³/mol. The lowest BCUT2D eigenvalue weighted by molar-refractivity contribution is -0.0826. The van der Waals surface area contributed by atoms with Crippen LogP contribution in [0.5, 0.6) is 0 Å². The lowest BCUT2D eigenvalue weighted by atomic mass is 10.2. The van der Waals surface area contributed by atoms with Gasteiger partial charge in [0.15, 0.2) is 0 Å². The number of hydrogen-bond donors (Lipinski definition) is 1. The Morgan fingerprint density at radius 2 is 1.91 bits per heavy atom. The molecule has 1 amide bonds. The summed E-state index contributed by atoms with van der Waals surface area (Å²) in [6.45, 7) is 4.99. The van der Waals surface area contributed by atoms with E-state index in [-0.39, 0.29) is 18.1 Å². The number of alkyl halides is 3. The first kappa shape index (κ1) is 19.1. The molecule has 0 spiro atoms. The van der Waals surface area contributed by atoms with Crippen LogP contribution in [-0.4, -0.2) is 46.1 Å². The standard InChI is InChI=1S/C15H18Cl4N2O2/c1-9-7-21(8-10(2)23-9)14(15(17,18)19)20-13(22)11-4-3-5-12(16)6-11/h3-6,9-10,14H,7-8H2,1-2H3,(H,20,22)/t9-,10-,14+/m1/s1. The fourth-order valence-corrected chi connectivity index (χ4v) is 3.41. The largest absolute Gasteiger partial charge is 0.373 e. The Morgan fingerprint density at radius 3 is 2.43 bits per heavy atom. The van der Waals surface area contributed by atoms with Gasteiger partial charge in [0.2, 0.25) is 3.79 Å². The Kier molecular flexibility index (Phi) is 6.45. The topological polar surface area (TPSA) is 41.6 Å². The van der Waals surface area contributed by atoms with E-state index in [4.69, 9.17) is 51.1 Å². The molecule has 1 aromatic rings. The molecule has 8 heteroatoms. The summed E-state index contributed by atoms with van der Waals surface area (Å²) in [7, 11) is 0. The van der Waals surface area contributed by atoms with E-state index in [1.807, 2.05) is 18.7 Å². The van der Waals surface area contributed by atoms with Crippen LogP contribution in [0.15, 0.2) is 24.3 Å². The molecule has 1 aromatic carbocycles. The summed E-state index contributed by atoms with van der Waals surface area (Å²) < 4.78 is 4.01. The van der Waals surface area contributed by atoms with Crippen LogP contribution in [0, 0.1) is 0 Å². The Balaban J connectivity index is 2.17. The van der Waals surface area contributed by atoms with Gasteiger partial charge in [-0.2, -0.15) is 0 Å². The zero-order valence-corrected chi connectivity index (χ0v) is 15.8. The molecule has 0 aliphatic carbocycles. The third kappa shape index (κ3) is 5.38. The number of carbonyl (C=O) groups excluding carboxylic acids is 1. The molecule has 0 saturated carbocycles. The van der Waals surface area contributed by atoms with Crippen LogP contribution in [0.25, 0.3) is 0 Å². The minimum Gasteiger partial charge on any atom is -0.373 e. The Hall–Kier alpha value is -0.230. The van der Waals surface area contributed by atoms with Crippen LogP contribution in [0.1, 0.15) is 24.2 Å². The highest BCUT2D eigenvalue weighted by atomic mass is 35.6. The molecule has 4 nitrogen and oxygen atoms in total. The van der Waals surface area contributed by atoms with Crippen molar-refractivity contribution in [3.8, 4) is 0 Å². The maximum Gasteiger partial charge on any atom is 0.252 e. The molecule has 2 rings (SSSR count). The second kappa shape index (κ2) is 7.77. The monoisotopic (exact) mass is 398 g/mol. The summed E-state index contributed by atoms with van der Waals surface area (Å²) in [4.78, 5) is 14.4. The fourth-order valence-electron chi connectivity index (χ4n) is 2.65. The van der Waals surface area contributed by atoms with Crippen LogP contribution in [0.2, 0.25) is 5.02 Å². The van der Waals surface area contributed by atoms with E-state index < -0.39 is 9.96 Å². The fraction of sp³-hybridized carbons (Fsp3) is 0.533. The van der Waals surface area contributed by atoms with Gasteiger partial charge in [0.25, 0.3) is 5.91 Å². The number of hydrogen-bond acceptors (Lipinski definition) is 3. The minimum absolute atomic E-state index is 0.0170. The summed E-state index contributed by atoms with van der Waals surface area (Å²) in [5, 5.41) is 3.26. The Bertz CT molecular complexity index is 555. The van der Waals surface area contributed by atoms with Gasteiger partial charge in [0, 0.05) is 23.7 Å². The maximum absolute atomic E-state index is 12.5. The normalized spacial score (nSPS) is 24.3. The van der Waals surface area contributed by atoms with E-state index >= 15 is 0 Å². The van der Waals surface area contributed by atoms with Crippen molar-refractivity contribution in [3.05, 3.63) is 34.9 Å². The molecule has 128 valence electrons. The Labute approximate surface area is 156 Å². The van der Waals surface area contributed by atoms with E-state index in [9.17, 15) is 4.79 Å².